The zero-order valence-electron chi connectivity index (χ0n) is 21.1. The molecule has 10 nitrogen and oxygen atoms in total. The molecule has 0 aliphatic carbocycles. The molecule has 1 amide bonds. The molecule has 1 aliphatic rings. The highest BCUT2D eigenvalue weighted by Crippen LogP contribution is 2.32. The van der Waals surface area contributed by atoms with E-state index < -0.39 is 23.7 Å². The number of fused-ring (bicyclic) bond motifs is 1. The van der Waals surface area contributed by atoms with Crippen molar-refractivity contribution in [2.45, 2.75) is 25.9 Å². The highest BCUT2D eigenvalue weighted by atomic mass is 35.5. The Kier molecular flexibility index (Phi) is 7.90. The van der Waals surface area contributed by atoms with E-state index in [1.165, 1.54) is 4.57 Å². The molecule has 1 aliphatic heterocycles. The quantitative estimate of drug-likeness (QED) is 0.335. The van der Waals surface area contributed by atoms with Gasteiger partial charge in [-0.2, -0.15) is 0 Å². The number of nitrogens with zero attached hydrogens (tertiary/aromatic N) is 5. The summed E-state index contributed by atoms with van der Waals surface area (Å²) in [6.07, 6.45) is 1.61. The molecule has 5 rings (SSSR count). The van der Waals surface area contributed by atoms with E-state index >= 15 is 0 Å². The molecule has 3 N–H and O–H groups in total. The minimum Gasteiger partial charge on any atom is -0.395 e. The SMILES string of the molecule is NC(=O)Cn1c(=O)c2c(nc(-c3ccccc3Cl)n2-c2ccc(Cl)cc2)n(CC2CCN(CCO)CC2)c1=O. The number of aliphatic hydroxyl groups is 1. The second kappa shape index (κ2) is 11.4. The van der Waals surface area contributed by atoms with Crippen LogP contribution in [0.2, 0.25) is 10.0 Å². The third-order valence-electron chi connectivity index (χ3n) is 7.10. The highest BCUT2D eigenvalue weighted by molar-refractivity contribution is 6.33. The molecular weight excluding hydrogens is 543 g/mol. The number of carbonyl (C=O) groups is 1. The summed E-state index contributed by atoms with van der Waals surface area (Å²) in [4.78, 5) is 46.4. The van der Waals surface area contributed by atoms with Crippen molar-refractivity contribution in [2.75, 3.05) is 26.2 Å². The third kappa shape index (κ3) is 5.38. The number of aliphatic hydroxyl groups excluding tert-OH is 1. The summed E-state index contributed by atoms with van der Waals surface area (Å²) in [6, 6.07) is 14.0. The average molecular weight is 571 g/mol. The first kappa shape index (κ1) is 27.1. The number of benzene rings is 2. The first-order chi connectivity index (χ1) is 18.8. The fourth-order valence-corrected chi connectivity index (χ4v) is 5.50. The molecular formula is C27H28Cl2N6O4. The van der Waals surface area contributed by atoms with E-state index in [1.807, 2.05) is 6.07 Å². The van der Waals surface area contributed by atoms with Crippen LogP contribution in [0.4, 0.5) is 0 Å². The predicted molar refractivity (Wildman–Crippen MR) is 150 cm³/mol. The van der Waals surface area contributed by atoms with E-state index in [1.54, 1.807) is 47.0 Å². The Bertz CT molecular complexity index is 1640. The van der Waals surface area contributed by atoms with Gasteiger partial charge in [-0.3, -0.25) is 18.7 Å². The summed E-state index contributed by atoms with van der Waals surface area (Å²) >= 11 is 12.7. The number of imidazole rings is 1. The van der Waals surface area contributed by atoms with Gasteiger partial charge in [-0.25, -0.2) is 14.3 Å². The summed E-state index contributed by atoms with van der Waals surface area (Å²) in [5.41, 5.74) is 5.61. The number of likely N-dealkylation sites (tertiary alicyclic amines) is 1. The van der Waals surface area contributed by atoms with Crippen LogP contribution in [0.5, 0.6) is 0 Å². The lowest BCUT2D eigenvalue weighted by Crippen LogP contribution is -2.45. The molecule has 4 aromatic rings. The van der Waals surface area contributed by atoms with Crippen LogP contribution in [-0.4, -0.2) is 60.8 Å². The molecule has 12 heteroatoms. The Morgan fingerprint density at radius 1 is 1.03 bits per heavy atom. The zero-order valence-corrected chi connectivity index (χ0v) is 22.6. The molecule has 204 valence electrons. The Balaban J connectivity index is 1.77. The van der Waals surface area contributed by atoms with Gasteiger partial charge in [0.2, 0.25) is 5.91 Å². The third-order valence-corrected chi connectivity index (χ3v) is 7.68. The number of β-amino-alcohol motifs (C(OH)–C–C–N with tert-alkyl or cyclic N) is 1. The molecule has 0 spiro atoms. The van der Waals surface area contributed by atoms with Gasteiger partial charge in [-0.1, -0.05) is 35.3 Å². The zero-order chi connectivity index (χ0) is 27.7. The van der Waals surface area contributed by atoms with E-state index in [-0.39, 0.29) is 23.7 Å². The Labute approximate surface area is 233 Å². The second-order valence-electron chi connectivity index (χ2n) is 9.66. The molecule has 0 radical (unpaired) electrons. The lowest BCUT2D eigenvalue weighted by molar-refractivity contribution is -0.118. The highest BCUT2D eigenvalue weighted by Gasteiger charge is 2.27. The minimum atomic E-state index is -0.804. The molecule has 1 saturated heterocycles. The Hall–Kier alpha value is -3.44. The molecule has 0 bridgehead atoms. The molecule has 0 unspecified atom stereocenters. The van der Waals surface area contributed by atoms with Crippen LogP contribution in [0.3, 0.4) is 0 Å². The summed E-state index contributed by atoms with van der Waals surface area (Å²) in [6.45, 7) is 2.02. The van der Waals surface area contributed by atoms with Gasteiger partial charge < -0.3 is 15.7 Å². The second-order valence-corrected chi connectivity index (χ2v) is 10.5. The summed E-state index contributed by atoms with van der Waals surface area (Å²) in [5.74, 6) is -0.302. The largest absolute Gasteiger partial charge is 0.395 e. The van der Waals surface area contributed by atoms with Crippen LogP contribution < -0.4 is 17.0 Å². The van der Waals surface area contributed by atoms with Crippen LogP contribution in [0.25, 0.3) is 28.2 Å². The molecule has 0 atom stereocenters. The van der Waals surface area contributed by atoms with Gasteiger partial charge in [0, 0.05) is 29.4 Å². The smallest absolute Gasteiger partial charge is 0.333 e. The van der Waals surface area contributed by atoms with Crippen molar-refractivity contribution in [3.63, 3.8) is 0 Å². The van der Waals surface area contributed by atoms with Crippen molar-refractivity contribution < 1.29 is 9.90 Å². The topological polar surface area (TPSA) is 128 Å². The lowest BCUT2D eigenvalue weighted by atomic mass is 9.96. The molecule has 2 aromatic heterocycles. The van der Waals surface area contributed by atoms with Crippen LogP contribution in [0.15, 0.2) is 58.1 Å². The molecule has 39 heavy (non-hydrogen) atoms. The number of aromatic nitrogens is 4. The van der Waals surface area contributed by atoms with E-state index in [0.717, 1.165) is 30.5 Å². The predicted octanol–water partition coefficient (Wildman–Crippen LogP) is 2.51. The van der Waals surface area contributed by atoms with Crippen LogP contribution in [0.1, 0.15) is 12.8 Å². The van der Waals surface area contributed by atoms with Gasteiger partial charge in [0.15, 0.2) is 11.2 Å². The number of carbonyl (C=O) groups excluding carboxylic acids is 1. The maximum atomic E-state index is 13.8. The first-order valence-corrected chi connectivity index (χ1v) is 13.4. The Morgan fingerprint density at radius 2 is 1.72 bits per heavy atom. The summed E-state index contributed by atoms with van der Waals surface area (Å²) in [7, 11) is 0. The number of halogens is 2. The van der Waals surface area contributed by atoms with Gasteiger partial charge >= 0.3 is 5.69 Å². The minimum absolute atomic E-state index is 0.0930. The maximum absolute atomic E-state index is 13.8. The molecule has 2 aromatic carbocycles. The van der Waals surface area contributed by atoms with Crippen LogP contribution in [-0.2, 0) is 17.9 Å². The van der Waals surface area contributed by atoms with Gasteiger partial charge in [0.1, 0.15) is 12.4 Å². The number of primary amides is 1. The fourth-order valence-electron chi connectivity index (χ4n) is 5.16. The number of hydrogen-bond donors (Lipinski definition) is 2. The number of nitrogens with two attached hydrogens (primary N) is 1. The summed E-state index contributed by atoms with van der Waals surface area (Å²) in [5, 5.41) is 10.2. The van der Waals surface area contributed by atoms with Crippen molar-refractivity contribution in [3.8, 4) is 17.1 Å². The number of rotatable bonds is 8. The van der Waals surface area contributed by atoms with Crippen LogP contribution >= 0.6 is 23.2 Å². The van der Waals surface area contributed by atoms with Gasteiger partial charge in [0.25, 0.3) is 5.56 Å². The van der Waals surface area contributed by atoms with Crippen molar-refractivity contribution >= 4 is 40.3 Å². The van der Waals surface area contributed by atoms with Crippen molar-refractivity contribution in [1.82, 2.24) is 23.6 Å². The van der Waals surface area contributed by atoms with E-state index in [9.17, 15) is 19.5 Å². The Morgan fingerprint density at radius 3 is 2.36 bits per heavy atom. The van der Waals surface area contributed by atoms with Crippen LogP contribution in [0, 0.1) is 5.92 Å². The maximum Gasteiger partial charge on any atom is 0.333 e. The fraction of sp³-hybridized carbons (Fsp3) is 0.333. The first-order valence-electron chi connectivity index (χ1n) is 12.7. The van der Waals surface area contributed by atoms with E-state index in [4.69, 9.17) is 33.9 Å². The molecule has 3 heterocycles. The van der Waals surface area contributed by atoms with Gasteiger partial charge in [-0.15, -0.1) is 0 Å². The molecule has 0 saturated carbocycles. The molecule has 1 fully saturated rings. The normalized spacial score (nSPS) is 14.7. The van der Waals surface area contributed by atoms with Crippen molar-refractivity contribution in [3.05, 3.63) is 79.4 Å². The van der Waals surface area contributed by atoms with Crippen molar-refractivity contribution in [2.24, 2.45) is 11.7 Å². The lowest BCUT2D eigenvalue weighted by Gasteiger charge is -2.31. The van der Waals surface area contributed by atoms with E-state index in [0.29, 0.717) is 40.2 Å². The van der Waals surface area contributed by atoms with Gasteiger partial charge in [0.05, 0.1) is 11.6 Å². The average Bonchev–Trinajstić information content (AvgIpc) is 3.31. The van der Waals surface area contributed by atoms with Gasteiger partial charge in [-0.05, 0) is 68.2 Å². The van der Waals surface area contributed by atoms with Crippen molar-refractivity contribution in [1.29, 1.82) is 0 Å². The number of amides is 1. The monoisotopic (exact) mass is 570 g/mol. The standard InChI is InChI=1S/C27H28Cl2N6O4/c28-18-5-7-19(8-6-18)35-23-25(31-24(35)20-3-1-2-4-21(20)29)33(27(39)34(26(23)38)16-22(30)37)15-17-9-11-32(12-10-17)13-14-36/h1-8,17,36H,9-16H2,(H2,30,37). The van der Waals surface area contributed by atoms with E-state index in [2.05, 4.69) is 4.90 Å². The number of piperidine rings is 1. The number of hydrogen-bond acceptors (Lipinski definition) is 6. The summed E-state index contributed by atoms with van der Waals surface area (Å²) < 4.78 is 3.99.